The molecule has 4 heteroatoms. The second-order valence-corrected chi connectivity index (χ2v) is 5.25. The van der Waals surface area contributed by atoms with Gasteiger partial charge in [0.05, 0.1) is 12.3 Å². The summed E-state index contributed by atoms with van der Waals surface area (Å²) in [5.74, 6) is -1.36. The van der Waals surface area contributed by atoms with E-state index in [4.69, 9.17) is 5.11 Å². The first-order valence-electron chi connectivity index (χ1n) is 7.13. The molecule has 0 aliphatic carbocycles. The summed E-state index contributed by atoms with van der Waals surface area (Å²) in [6, 6.07) is 7.13. The van der Waals surface area contributed by atoms with Crippen LogP contribution < -0.4 is 4.90 Å². The molecule has 0 bridgehead atoms. The number of benzene rings is 1. The van der Waals surface area contributed by atoms with E-state index in [2.05, 4.69) is 6.58 Å². The number of hydrogen-bond acceptors (Lipinski definition) is 2. The van der Waals surface area contributed by atoms with Crippen LogP contribution in [0.5, 0.6) is 0 Å². The van der Waals surface area contributed by atoms with E-state index in [-0.39, 0.29) is 5.91 Å². The summed E-state index contributed by atoms with van der Waals surface area (Å²) in [6.07, 6.45) is 7.72. The van der Waals surface area contributed by atoms with Gasteiger partial charge in [-0.1, -0.05) is 43.0 Å². The van der Waals surface area contributed by atoms with Crippen LogP contribution >= 0.6 is 0 Å². The van der Waals surface area contributed by atoms with Gasteiger partial charge in [0.25, 0.3) is 0 Å². The van der Waals surface area contributed by atoms with Crippen LogP contribution in [0.25, 0.3) is 0 Å². The van der Waals surface area contributed by atoms with Gasteiger partial charge in [0.2, 0.25) is 5.91 Å². The van der Waals surface area contributed by atoms with E-state index in [1.165, 1.54) is 0 Å². The summed E-state index contributed by atoms with van der Waals surface area (Å²) >= 11 is 0. The zero-order chi connectivity index (χ0) is 16.1. The second-order valence-electron chi connectivity index (χ2n) is 5.25. The summed E-state index contributed by atoms with van der Waals surface area (Å²) in [5, 5.41) is 9.01. The minimum Gasteiger partial charge on any atom is -0.481 e. The molecule has 1 saturated heterocycles. The lowest BCUT2D eigenvalue weighted by Crippen LogP contribution is -2.23. The van der Waals surface area contributed by atoms with E-state index in [0.717, 1.165) is 16.8 Å². The Morgan fingerprint density at radius 3 is 2.59 bits per heavy atom. The summed E-state index contributed by atoms with van der Waals surface area (Å²) in [4.78, 5) is 24.8. The zero-order valence-corrected chi connectivity index (χ0v) is 12.5. The molecule has 0 radical (unpaired) electrons. The van der Waals surface area contributed by atoms with Crippen molar-refractivity contribution in [3.05, 3.63) is 66.3 Å². The Morgan fingerprint density at radius 1 is 1.32 bits per heavy atom. The van der Waals surface area contributed by atoms with Crippen LogP contribution in [-0.2, 0) is 9.59 Å². The topological polar surface area (TPSA) is 57.6 Å². The quantitative estimate of drug-likeness (QED) is 0.849. The lowest BCUT2D eigenvalue weighted by molar-refractivity contribution is -0.138. The number of nitrogens with zero attached hydrogens (tertiary/aromatic N) is 1. The van der Waals surface area contributed by atoms with Crippen molar-refractivity contribution in [2.75, 3.05) is 11.4 Å². The van der Waals surface area contributed by atoms with Crippen LogP contribution in [0.3, 0.4) is 0 Å². The number of carbonyl (C=O) groups is 2. The molecule has 1 fully saturated rings. The predicted molar refractivity (Wildman–Crippen MR) is 86.9 cm³/mol. The predicted octanol–water partition coefficient (Wildman–Crippen LogP) is 3.28. The third-order valence-electron chi connectivity index (χ3n) is 3.69. The van der Waals surface area contributed by atoms with E-state index < -0.39 is 11.9 Å². The van der Waals surface area contributed by atoms with Crippen molar-refractivity contribution >= 4 is 17.6 Å². The zero-order valence-electron chi connectivity index (χ0n) is 12.5. The van der Waals surface area contributed by atoms with Gasteiger partial charge in [-0.15, -0.1) is 0 Å². The highest BCUT2D eigenvalue weighted by Gasteiger charge is 2.25. The first kappa shape index (κ1) is 15.8. The van der Waals surface area contributed by atoms with E-state index >= 15 is 0 Å². The van der Waals surface area contributed by atoms with Crippen molar-refractivity contribution in [1.29, 1.82) is 0 Å². The fraction of sp³-hybridized carbons (Fsp3) is 0.222. The van der Waals surface area contributed by atoms with E-state index in [9.17, 15) is 9.59 Å². The largest absolute Gasteiger partial charge is 0.481 e. The second kappa shape index (κ2) is 6.89. The van der Waals surface area contributed by atoms with Crippen molar-refractivity contribution < 1.29 is 14.7 Å². The van der Waals surface area contributed by atoms with E-state index in [1.807, 2.05) is 18.2 Å². The Balaban J connectivity index is 2.14. The van der Waals surface area contributed by atoms with Crippen LogP contribution in [0.15, 0.2) is 60.7 Å². The van der Waals surface area contributed by atoms with Gasteiger partial charge in [0.1, 0.15) is 0 Å². The third-order valence-corrected chi connectivity index (χ3v) is 3.69. The molecule has 0 spiro atoms. The van der Waals surface area contributed by atoms with Crippen molar-refractivity contribution in [1.82, 2.24) is 0 Å². The first-order valence-corrected chi connectivity index (χ1v) is 7.13. The lowest BCUT2D eigenvalue weighted by Gasteiger charge is -2.16. The number of hydrogen-bond donors (Lipinski definition) is 1. The van der Waals surface area contributed by atoms with Gasteiger partial charge in [-0.3, -0.25) is 9.59 Å². The summed E-state index contributed by atoms with van der Waals surface area (Å²) < 4.78 is 0. The van der Waals surface area contributed by atoms with Crippen molar-refractivity contribution in [2.24, 2.45) is 0 Å². The van der Waals surface area contributed by atoms with Gasteiger partial charge in [-0.2, -0.15) is 0 Å². The Kier molecular flexibility index (Phi) is 4.94. The Bertz CT molecular complexity index is 641. The molecule has 1 N–H and O–H groups in total. The molecule has 1 aromatic rings. The summed E-state index contributed by atoms with van der Waals surface area (Å²) in [7, 11) is 0. The molecule has 1 atom stereocenters. The van der Waals surface area contributed by atoms with Crippen LogP contribution in [0.1, 0.15) is 24.8 Å². The van der Waals surface area contributed by atoms with Gasteiger partial charge in [0, 0.05) is 12.2 Å². The monoisotopic (exact) mass is 297 g/mol. The van der Waals surface area contributed by atoms with Gasteiger partial charge in [-0.25, -0.2) is 0 Å². The first-order chi connectivity index (χ1) is 10.5. The fourth-order valence-electron chi connectivity index (χ4n) is 2.34. The van der Waals surface area contributed by atoms with Crippen LogP contribution in [0, 0.1) is 0 Å². The normalized spacial score (nSPS) is 18.1. The van der Waals surface area contributed by atoms with Crippen molar-refractivity contribution in [3.8, 4) is 0 Å². The minimum atomic E-state index is -0.857. The van der Waals surface area contributed by atoms with Crippen LogP contribution in [0.4, 0.5) is 5.69 Å². The third kappa shape index (κ3) is 3.52. The smallest absolute Gasteiger partial charge is 0.310 e. The molecule has 2 rings (SSSR count). The Morgan fingerprint density at radius 2 is 2.00 bits per heavy atom. The molecule has 1 aliphatic heterocycles. The summed E-state index contributed by atoms with van der Waals surface area (Å²) in [5.41, 5.74) is 2.57. The molecular formula is C18H19NO3. The number of amides is 1. The number of carboxylic acids is 1. The molecular weight excluding hydrogens is 278 g/mol. The van der Waals surface area contributed by atoms with Gasteiger partial charge < -0.3 is 10.0 Å². The number of allylic oxidation sites excluding steroid dienone is 4. The number of anilines is 1. The molecule has 1 aliphatic rings. The maximum Gasteiger partial charge on any atom is 0.310 e. The van der Waals surface area contributed by atoms with Crippen molar-refractivity contribution in [2.45, 2.75) is 19.3 Å². The highest BCUT2D eigenvalue weighted by atomic mass is 16.4. The molecule has 1 amide bonds. The molecule has 0 aromatic heterocycles. The van der Waals surface area contributed by atoms with Crippen LogP contribution in [-0.4, -0.2) is 23.5 Å². The Labute approximate surface area is 130 Å². The summed E-state index contributed by atoms with van der Waals surface area (Å²) in [6.45, 7) is 5.81. The maximum atomic E-state index is 12.1. The minimum absolute atomic E-state index is 0.0530. The molecule has 22 heavy (non-hydrogen) atoms. The molecule has 114 valence electrons. The Hall–Kier alpha value is -2.62. The number of aliphatic carboxylic acids is 1. The average molecular weight is 297 g/mol. The van der Waals surface area contributed by atoms with E-state index in [0.29, 0.717) is 13.0 Å². The number of rotatable bonds is 5. The van der Waals surface area contributed by atoms with Crippen molar-refractivity contribution in [3.63, 3.8) is 0 Å². The maximum absolute atomic E-state index is 12.1. The van der Waals surface area contributed by atoms with E-state index in [1.54, 1.807) is 42.2 Å². The molecule has 1 unspecified atom stereocenters. The number of carbonyl (C=O) groups excluding carboxylic acids is 1. The SMILES string of the molecule is C=C/C=C\C=C1/CC(=O)N(c2ccc(C(C)C(=O)O)cc2)C1. The van der Waals surface area contributed by atoms with Gasteiger partial charge in [0.15, 0.2) is 0 Å². The molecule has 1 aromatic carbocycles. The molecule has 4 nitrogen and oxygen atoms in total. The standard InChI is InChI=1S/C18H19NO3/c1-3-4-5-6-14-11-17(20)19(12-14)16-9-7-15(8-10-16)13(2)18(21)22/h3-10,13H,1,11-12H2,2H3,(H,21,22)/b5-4-,14-6+. The van der Waals surface area contributed by atoms with Crippen LogP contribution in [0.2, 0.25) is 0 Å². The highest BCUT2D eigenvalue weighted by Crippen LogP contribution is 2.26. The molecule has 1 heterocycles. The van der Waals surface area contributed by atoms with Gasteiger partial charge >= 0.3 is 5.97 Å². The lowest BCUT2D eigenvalue weighted by atomic mass is 10.0. The number of carboxylic acid groups (broad SMARTS) is 1. The fourth-order valence-corrected chi connectivity index (χ4v) is 2.34. The van der Waals surface area contributed by atoms with Gasteiger partial charge in [-0.05, 0) is 30.2 Å². The highest BCUT2D eigenvalue weighted by molar-refractivity contribution is 5.98. The average Bonchev–Trinajstić information content (AvgIpc) is 2.88. The molecule has 0 saturated carbocycles.